The first-order valence-corrected chi connectivity index (χ1v) is 11.3. The van der Waals surface area contributed by atoms with E-state index in [0.717, 1.165) is 5.56 Å². The van der Waals surface area contributed by atoms with Crippen LogP contribution in [0.2, 0.25) is 5.15 Å². The molecular weight excluding hydrogens is 463 g/mol. The molecule has 5 atom stereocenters. The van der Waals surface area contributed by atoms with E-state index in [1.54, 1.807) is 22.9 Å². The number of hydrogen-bond donors (Lipinski definition) is 2. The Balaban J connectivity index is 1.56. The Morgan fingerprint density at radius 3 is 2.65 bits per heavy atom. The molecule has 5 rings (SSSR count). The van der Waals surface area contributed by atoms with Crippen LogP contribution in [0.25, 0.3) is 11.0 Å². The van der Waals surface area contributed by atoms with Crippen LogP contribution in [0.5, 0.6) is 0 Å². The molecule has 34 heavy (non-hydrogen) atoms. The molecule has 2 fully saturated rings. The lowest BCUT2D eigenvalue weighted by atomic mass is 10.1. The van der Waals surface area contributed by atoms with Gasteiger partial charge in [-0.15, -0.1) is 0 Å². The highest BCUT2D eigenvalue weighted by atomic mass is 35.5. The van der Waals surface area contributed by atoms with Gasteiger partial charge in [0.25, 0.3) is 0 Å². The molecule has 0 amide bonds. The second-order valence-corrected chi connectivity index (χ2v) is 9.31. The van der Waals surface area contributed by atoms with Crippen LogP contribution in [0, 0.1) is 17.1 Å². The van der Waals surface area contributed by atoms with Gasteiger partial charge in [-0.05, 0) is 44.5 Å². The number of rotatable bonds is 5. The van der Waals surface area contributed by atoms with E-state index < -0.39 is 30.3 Å². The molecule has 2 saturated heterocycles. The quantitative estimate of drug-likeness (QED) is 0.519. The second-order valence-electron chi connectivity index (χ2n) is 8.95. The van der Waals surface area contributed by atoms with E-state index in [2.05, 4.69) is 16.4 Å². The number of nitrogens with one attached hydrogen (secondary N) is 1. The van der Waals surface area contributed by atoms with Crippen molar-refractivity contribution < 1.29 is 23.7 Å². The lowest BCUT2D eigenvalue weighted by Crippen LogP contribution is -2.31. The summed E-state index contributed by atoms with van der Waals surface area (Å²) in [5.74, 6) is -1.14. The first-order valence-electron chi connectivity index (χ1n) is 11.0. The molecule has 2 aliphatic rings. The van der Waals surface area contributed by atoms with E-state index >= 15 is 0 Å². The minimum atomic E-state index is -0.815. The van der Waals surface area contributed by atoms with Gasteiger partial charge < -0.3 is 29.2 Å². The molecule has 0 aliphatic carbocycles. The summed E-state index contributed by atoms with van der Waals surface area (Å²) in [5.41, 5.74) is 2.07. The number of nitrogens with zero attached hydrogens (tertiary/aromatic N) is 3. The monoisotopic (exact) mass is 486 g/mol. The van der Waals surface area contributed by atoms with Crippen LogP contribution < -0.4 is 5.32 Å². The average molecular weight is 487 g/mol. The van der Waals surface area contributed by atoms with Gasteiger partial charge in [-0.25, -0.2) is 9.37 Å². The molecule has 0 saturated carbocycles. The minimum absolute atomic E-state index is 0.0425. The van der Waals surface area contributed by atoms with Gasteiger partial charge in [0.05, 0.1) is 12.3 Å². The molecule has 2 aromatic heterocycles. The van der Waals surface area contributed by atoms with Crippen molar-refractivity contribution in [2.75, 3.05) is 11.9 Å². The zero-order chi connectivity index (χ0) is 24.2. The number of fused-ring (bicyclic) bond motifs is 2. The van der Waals surface area contributed by atoms with E-state index in [9.17, 15) is 14.8 Å². The Labute approximate surface area is 200 Å². The maximum Gasteiger partial charge on any atom is 0.164 e. The highest BCUT2D eigenvalue weighted by molar-refractivity contribution is 6.31. The van der Waals surface area contributed by atoms with E-state index in [-0.39, 0.29) is 29.2 Å². The fourth-order valence-electron chi connectivity index (χ4n) is 4.68. The Hall–Kier alpha value is -2.74. The number of ether oxygens (including phenoxy) is 3. The summed E-state index contributed by atoms with van der Waals surface area (Å²) in [6.45, 7) is 5.33. The number of aliphatic hydroxyl groups excluding tert-OH is 1. The fraction of sp³-hybridized carbons (Fsp3) is 0.417. The van der Waals surface area contributed by atoms with Crippen molar-refractivity contribution in [1.82, 2.24) is 9.55 Å². The van der Waals surface area contributed by atoms with Crippen LogP contribution >= 0.6 is 11.6 Å². The highest BCUT2D eigenvalue weighted by Gasteiger charge is 2.55. The van der Waals surface area contributed by atoms with Crippen LogP contribution in [-0.2, 0) is 14.2 Å². The zero-order valence-corrected chi connectivity index (χ0v) is 19.6. The third-order valence-corrected chi connectivity index (χ3v) is 6.51. The zero-order valence-electron chi connectivity index (χ0n) is 18.8. The minimum Gasteiger partial charge on any atom is -0.394 e. The predicted molar refractivity (Wildman–Crippen MR) is 123 cm³/mol. The Kier molecular flexibility index (Phi) is 5.74. The predicted octanol–water partition coefficient (Wildman–Crippen LogP) is 4.28. The standard InChI is InChI=1S/C24H24ClFN4O4/c1-12(13-4-6-14(26)7-5-13)28-18-15-8-9-30(22(15)29-21(25)16(18)10-27)23-20-19(17(11-31)32-23)33-24(2,3)34-20/h4-9,12,17,19-20,23,31H,11H2,1-3H3,(H,28,29)/t12?,17-,19-,20-,23-/m1/s1. The topological polar surface area (TPSA) is 102 Å². The summed E-state index contributed by atoms with van der Waals surface area (Å²) in [5, 5.41) is 23.7. The van der Waals surface area contributed by atoms with Gasteiger partial charge in [0.1, 0.15) is 41.4 Å². The first-order chi connectivity index (χ1) is 16.2. The molecule has 0 bridgehead atoms. The summed E-state index contributed by atoms with van der Waals surface area (Å²) in [6.07, 6.45) is -0.278. The SMILES string of the molecule is CC(Nc1c(C#N)c(Cl)nc2c1ccn2[C@@H]1O[C@H](CO)[C@H]2OC(C)(C)O[C@H]21)c1ccc(F)cc1. The molecule has 2 N–H and O–H groups in total. The third-order valence-electron chi connectivity index (χ3n) is 6.24. The molecular formula is C24H24ClFN4O4. The van der Waals surface area contributed by atoms with Gasteiger partial charge in [0, 0.05) is 17.6 Å². The molecule has 3 aromatic rings. The van der Waals surface area contributed by atoms with Crippen LogP contribution in [0.3, 0.4) is 0 Å². The van der Waals surface area contributed by atoms with E-state index in [0.29, 0.717) is 16.7 Å². The lowest BCUT2D eigenvalue weighted by Gasteiger charge is -2.24. The van der Waals surface area contributed by atoms with Crippen LogP contribution in [0.4, 0.5) is 10.1 Å². The fourth-order valence-corrected chi connectivity index (χ4v) is 4.89. The Morgan fingerprint density at radius 1 is 1.26 bits per heavy atom. The van der Waals surface area contributed by atoms with Crippen LogP contribution in [-0.4, -0.2) is 45.4 Å². The normalized spacial score (nSPS) is 26.4. The molecule has 8 nitrogen and oxygen atoms in total. The molecule has 0 radical (unpaired) electrons. The molecule has 2 aliphatic heterocycles. The molecule has 4 heterocycles. The highest BCUT2D eigenvalue weighted by Crippen LogP contribution is 2.45. The summed E-state index contributed by atoms with van der Waals surface area (Å²) in [4.78, 5) is 4.48. The van der Waals surface area contributed by atoms with Crippen molar-refractivity contribution in [3.05, 3.63) is 58.6 Å². The lowest BCUT2D eigenvalue weighted by molar-refractivity contribution is -0.199. The van der Waals surface area contributed by atoms with Gasteiger partial charge >= 0.3 is 0 Å². The Bertz CT molecular complexity index is 1270. The smallest absolute Gasteiger partial charge is 0.164 e. The summed E-state index contributed by atoms with van der Waals surface area (Å²) < 4.78 is 33.3. The third kappa shape index (κ3) is 3.82. The van der Waals surface area contributed by atoms with Crippen molar-refractivity contribution in [2.45, 2.75) is 57.1 Å². The second kappa shape index (κ2) is 8.48. The average Bonchev–Trinajstić information content (AvgIpc) is 3.44. The molecule has 178 valence electrons. The number of aliphatic hydroxyl groups is 1. The van der Waals surface area contributed by atoms with Crippen LogP contribution in [0.15, 0.2) is 36.5 Å². The van der Waals surface area contributed by atoms with Crippen molar-refractivity contribution in [3.8, 4) is 6.07 Å². The summed E-state index contributed by atoms with van der Waals surface area (Å²) >= 11 is 6.43. The van der Waals surface area contributed by atoms with E-state index in [1.807, 2.05) is 26.8 Å². The van der Waals surface area contributed by atoms with Crippen molar-refractivity contribution in [1.29, 1.82) is 5.26 Å². The molecule has 10 heteroatoms. The molecule has 0 spiro atoms. The van der Waals surface area contributed by atoms with Crippen molar-refractivity contribution in [2.24, 2.45) is 0 Å². The summed E-state index contributed by atoms with van der Waals surface area (Å²) in [7, 11) is 0. The van der Waals surface area contributed by atoms with Crippen molar-refractivity contribution >= 4 is 28.3 Å². The van der Waals surface area contributed by atoms with Gasteiger partial charge in [-0.2, -0.15) is 5.26 Å². The van der Waals surface area contributed by atoms with Crippen molar-refractivity contribution in [3.63, 3.8) is 0 Å². The van der Waals surface area contributed by atoms with E-state index in [1.165, 1.54) is 12.1 Å². The number of anilines is 1. The molecule has 1 unspecified atom stereocenters. The first kappa shape index (κ1) is 23.0. The number of pyridine rings is 1. The number of nitriles is 1. The maximum absolute atomic E-state index is 13.4. The number of aromatic nitrogens is 2. The number of halogens is 2. The Morgan fingerprint density at radius 2 is 1.97 bits per heavy atom. The number of benzene rings is 1. The van der Waals surface area contributed by atoms with Crippen LogP contribution in [0.1, 0.15) is 44.2 Å². The van der Waals surface area contributed by atoms with Gasteiger partial charge in [0.15, 0.2) is 17.2 Å². The van der Waals surface area contributed by atoms with Gasteiger partial charge in [-0.3, -0.25) is 0 Å². The van der Waals surface area contributed by atoms with Gasteiger partial charge in [0.2, 0.25) is 0 Å². The summed E-state index contributed by atoms with van der Waals surface area (Å²) in [6, 6.07) is 9.86. The van der Waals surface area contributed by atoms with Gasteiger partial charge in [-0.1, -0.05) is 23.7 Å². The maximum atomic E-state index is 13.4. The molecule has 1 aromatic carbocycles. The largest absolute Gasteiger partial charge is 0.394 e. The number of hydrogen-bond acceptors (Lipinski definition) is 7. The van der Waals surface area contributed by atoms with E-state index in [4.69, 9.17) is 25.8 Å².